The molecule has 9 heteroatoms. The minimum absolute atomic E-state index is 0.0846. The van der Waals surface area contributed by atoms with Crippen molar-refractivity contribution in [1.82, 2.24) is 30.0 Å². The summed E-state index contributed by atoms with van der Waals surface area (Å²) in [5.41, 5.74) is 3.44. The maximum atomic E-state index is 14.5. The van der Waals surface area contributed by atoms with E-state index in [9.17, 15) is 9.18 Å². The van der Waals surface area contributed by atoms with Crippen LogP contribution in [0, 0.1) is 11.7 Å². The number of amides is 1. The summed E-state index contributed by atoms with van der Waals surface area (Å²) in [5.74, 6) is 0.677. The summed E-state index contributed by atoms with van der Waals surface area (Å²) in [5, 5.41) is 15.1. The van der Waals surface area contributed by atoms with Crippen LogP contribution in [-0.4, -0.2) is 36.2 Å². The number of hydrogen-bond acceptors (Lipinski definition) is 5. The molecule has 0 spiro atoms. The van der Waals surface area contributed by atoms with Gasteiger partial charge in [-0.3, -0.25) is 4.79 Å². The Bertz CT molecular complexity index is 1480. The predicted octanol–water partition coefficient (Wildman–Crippen LogP) is 4.83. The van der Waals surface area contributed by atoms with Crippen molar-refractivity contribution < 1.29 is 9.18 Å². The number of nitrogens with zero attached hydrogens (tertiary/aromatic N) is 4. The van der Waals surface area contributed by atoms with Gasteiger partial charge < -0.3 is 20.2 Å². The SMILES string of the molecule is CC1CC(c2cccc(NC(=O)c3cc(CNC4(C)CCC4)c4[nH]cc(F)c4n3)c2)(c2nncn2C)C1. The minimum atomic E-state index is -0.465. The summed E-state index contributed by atoms with van der Waals surface area (Å²) in [6.45, 7) is 4.96. The van der Waals surface area contributed by atoms with E-state index in [2.05, 4.69) is 50.7 Å². The van der Waals surface area contributed by atoms with Crippen LogP contribution in [0.3, 0.4) is 0 Å². The van der Waals surface area contributed by atoms with Crippen LogP contribution in [0.2, 0.25) is 0 Å². The standard InChI is InChI=1S/C28H32FN7O/c1-17-12-28(13-17,26-35-32-16-36(26)3)19-6-4-7-20(11-19)33-25(37)22-10-18(14-31-27(2)8-5-9-27)23-24(34-22)21(29)15-30-23/h4,6-7,10-11,15-17,30-31H,5,8-9,12-14H2,1-3H3,(H,33,37). The average Bonchev–Trinajstić information content (AvgIpc) is 3.45. The molecular formula is C28H32FN7O. The first-order valence-corrected chi connectivity index (χ1v) is 12.9. The van der Waals surface area contributed by atoms with Crippen molar-refractivity contribution in [2.24, 2.45) is 13.0 Å². The van der Waals surface area contributed by atoms with Gasteiger partial charge in [0.1, 0.15) is 23.4 Å². The largest absolute Gasteiger partial charge is 0.357 e. The number of fused-ring (bicyclic) bond motifs is 1. The van der Waals surface area contributed by atoms with E-state index in [0.717, 1.165) is 42.6 Å². The second-order valence-corrected chi connectivity index (χ2v) is 11.2. The molecule has 2 saturated carbocycles. The number of rotatable bonds is 7. The lowest BCUT2D eigenvalue weighted by Crippen LogP contribution is -2.47. The molecule has 0 radical (unpaired) electrons. The Morgan fingerprint density at radius 1 is 1.27 bits per heavy atom. The van der Waals surface area contributed by atoms with Gasteiger partial charge in [0.05, 0.1) is 10.9 Å². The van der Waals surface area contributed by atoms with E-state index in [1.807, 2.05) is 29.8 Å². The summed E-state index contributed by atoms with van der Waals surface area (Å²) in [4.78, 5) is 20.7. The molecular weight excluding hydrogens is 469 g/mol. The Kier molecular flexibility index (Phi) is 5.63. The molecule has 6 rings (SSSR count). The highest BCUT2D eigenvalue weighted by Crippen LogP contribution is 2.51. The number of pyridine rings is 1. The van der Waals surface area contributed by atoms with Crippen molar-refractivity contribution in [2.75, 3.05) is 5.32 Å². The molecule has 2 fully saturated rings. The predicted molar refractivity (Wildman–Crippen MR) is 140 cm³/mol. The van der Waals surface area contributed by atoms with Crippen LogP contribution in [0.15, 0.2) is 42.9 Å². The monoisotopic (exact) mass is 501 g/mol. The number of hydrogen-bond donors (Lipinski definition) is 3. The molecule has 3 aromatic heterocycles. The lowest BCUT2D eigenvalue weighted by Gasteiger charge is -2.46. The zero-order valence-corrected chi connectivity index (χ0v) is 21.4. The highest BCUT2D eigenvalue weighted by Gasteiger charge is 2.48. The Morgan fingerprint density at radius 3 is 2.76 bits per heavy atom. The van der Waals surface area contributed by atoms with Gasteiger partial charge in [-0.1, -0.05) is 19.1 Å². The van der Waals surface area contributed by atoms with Crippen molar-refractivity contribution in [2.45, 2.75) is 63.5 Å². The number of aromatic amines is 1. The second kappa shape index (κ2) is 8.76. The third-order valence-corrected chi connectivity index (χ3v) is 8.27. The van der Waals surface area contributed by atoms with E-state index < -0.39 is 5.82 Å². The molecule has 192 valence electrons. The average molecular weight is 502 g/mol. The number of aromatic nitrogens is 5. The summed E-state index contributed by atoms with van der Waals surface area (Å²) < 4.78 is 16.5. The van der Waals surface area contributed by atoms with E-state index in [-0.39, 0.29) is 28.1 Å². The number of carbonyl (C=O) groups excluding carboxylic acids is 1. The van der Waals surface area contributed by atoms with Gasteiger partial charge in [0.15, 0.2) is 5.82 Å². The van der Waals surface area contributed by atoms with Crippen molar-refractivity contribution in [3.8, 4) is 0 Å². The Balaban J connectivity index is 1.28. The second-order valence-electron chi connectivity index (χ2n) is 11.2. The lowest BCUT2D eigenvalue weighted by molar-refractivity contribution is 0.102. The van der Waals surface area contributed by atoms with E-state index in [1.54, 1.807) is 12.4 Å². The van der Waals surface area contributed by atoms with E-state index in [1.165, 1.54) is 12.6 Å². The van der Waals surface area contributed by atoms with Gasteiger partial charge in [0.25, 0.3) is 5.91 Å². The quantitative estimate of drug-likeness (QED) is 0.337. The first kappa shape index (κ1) is 23.8. The maximum absolute atomic E-state index is 14.5. The first-order valence-electron chi connectivity index (χ1n) is 12.9. The normalized spacial score (nSPS) is 22.4. The topological polar surface area (TPSA) is 101 Å². The third-order valence-electron chi connectivity index (χ3n) is 8.27. The molecule has 0 bridgehead atoms. The van der Waals surface area contributed by atoms with Crippen LogP contribution in [0.25, 0.3) is 11.0 Å². The van der Waals surface area contributed by atoms with Crippen molar-refractivity contribution in [3.05, 3.63) is 71.3 Å². The van der Waals surface area contributed by atoms with Crippen LogP contribution < -0.4 is 10.6 Å². The maximum Gasteiger partial charge on any atom is 0.274 e. The Labute approximate surface area is 215 Å². The van der Waals surface area contributed by atoms with Gasteiger partial charge in [0, 0.05) is 31.0 Å². The highest BCUT2D eigenvalue weighted by molar-refractivity contribution is 6.04. The first-order chi connectivity index (χ1) is 17.8. The highest BCUT2D eigenvalue weighted by atomic mass is 19.1. The summed E-state index contributed by atoms with van der Waals surface area (Å²) in [7, 11) is 1.96. The molecule has 0 aliphatic heterocycles. The van der Waals surface area contributed by atoms with Crippen LogP contribution >= 0.6 is 0 Å². The van der Waals surface area contributed by atoms with E-state index in [4.69, 9.17) is 0 Å². The minimum Gasteiger partial charge on any atom is -0.357 e. The van der Waals surface area contributed by atoms with Gasteiger partial charge >= 0.3 is 0 Å². The molecule has 4 aromatic rings. The van der Waals surface area contributed by atoms with Gasteiger partial charge in [-0.05, 0) is 74.3 Å². The molecule has 0 atom stereocenters. The molecule has 37 heavy (non-hydrogen) atoms. The molecule has 2 aliphatic carbocycles. The Hall–Kier alpha value is -3.59. The van der Waals surface area contributed by atoms with Crippen LogP contribution in [-0.2, 0) is 19.0 Å². The molecule has 1 amide bonds. The van der Waals surface area contributed by atoms with Gasteiger partial charge in [0.2, 0.25) is 0 Å². The van der Waals surface area contributed by atoms with Crippen molar-refractivity contribution in [1.29, 1.82) is 0 Å². The number of benzene rings is 1. The smallest absolute Gasteiger partial charge is 0.274 e. The Morgan fingerprint density at radius 2 is 2.08 bits per heavy atom. The van der Waals surface area contributed by atoms with Crippen molar-refractivity contribution in [3.63, 3.8) is 0 Å². The third kappa shape index (κ3) is 4.11. The van der Waals surface area contributed by atoms with E-state index in [0.29, 0.717) is 23.7 Å². The zero-order valence-electron chi connectivity index (χ0n) is 21.4. The van der Waals surface area contributed by atoms with E-state index >= 15 is 0 Å². The molecule has 3 N–H and O–H groups in total. The lowest BCUT2D eigenvalue weighted by atomic mass is 9.58. The van der Waals surface area contributed by atoms with Crippen LogP contribution in [0.5, 0.6) is 0 Å². The van der Waals surface area contributed by atoms with Gasteiger partial charge in [-0.15, -0.1) is 10.2 Å². The number of H-pyrrole nitrogens is 1. The number of carbonyl (C=O) groups is 1. The number of nitrogens with one attached hydrogen (secondary N) is 3. The summed E-state index contributed by atoms with van der Waals surface area (Å²) in [6.07, 6.45) is 8.38. The molecule has 2 aliphatic rings. The molecule has 8 nitrogen and oxygen atoms in total. The fourth-order valence-corrected chi connectivity index (χ4v) is 6.07. The fourth-order valence-electron chi connectivity index (χ4n) is 6.07. The molecule has 0 saturated heterocycles. The number of aryl methyl sites for hydroxylation is 1. The molecule has 1 aromatic carbocycles. The summed E-state index contributed by atoms with van der Waals surface area (Å²) in [6, 6.07) is 9.65. The summed E-state index contributed by atoms with van der Waals surface area (Å²) >= 11 is 0. The van der Waals surface area contributed by atoms with Crippen LogP contribution in [0.4, 0.5) is 10.1 Å². The van der Waals surface area contributed by atoms with Crippen molar-refractivity contribution >= 4 is 22.6 Å². The van der Waals surface area contributed by atoms with Gasteiger partial charge in [-0.2, -0.15) is 0 Å². The fraction of sp³-hybridized carbons (Fsp3) is 0.429. The number of anilines is 1. The number of halogens is 1. The molecule has 3 heterocycles. The van der Waals surface area contributed by atoms with Gasteiger partial charge in [-0.25, -0.2) is 9.37 Å². The molecule has 0 unspecified atom stereocenters. The zero-order chi connectivity index (χ0) is 25.8. The van der Waals surface area contributed by atoms with Crippen LogP contribution in [0.1, 0.15) is 73.4 Å².